The summed E-state index contributed by atoms with van der Waals surface area (Å²) in [5.41, 5.74) is 11.6. The number of benzene rings is 1. The summed E-state index contributed by atoms with van der Waals surface area (Å²) in [6.45, 7) is 14.0. The summed E-state index contributed by atoms with van der Waals surface area (Å²) in [6.07, 6.45) is 6.29. The fraction of sp³-hybridized carbons (Fsp3) is 0.478. The van der Waals surface area contributed by atoms with Crippen molar-refractivity contribution in [3.05, 3.63) is 63.6 Å². The highest BCUT2D eigenvalue weighted by atomic mass is 35.5. The van der Waals surface area contributed by atoms with Gasteiger partial charge in [0.15, 0.2) is 0 Å². The van der Waals surface area contributed by atoms with E-state index in [-0.39, 0.29) is 11.9 Å². The van der Waals surface area contributed by atoms with Gasteiger partial charge in [-0.15, -0.1) is 0 Å². The van der Waals surface area contributed by atoms with Crippen LogP contribution in [0.25, 0.3) is 5.57 Å². The maximum Gasteiger partial charge on any atom is 0.129 e. The van der Waals surface area contributed by atoms with Gasteiger partial charge in [-0.2, -0.15) is 0 Å². The maximum absolute atomic E-state index is 15.1. The fourth-order valence-electron chi connectivity index (χ4n) is 4.06. The van der Waals surface area contributed by atoms with Crippen LogP contribution in [0, 0.1) is 5.82 Å². The lowest BCUT2D eigenvalue weighted by atomic mass is 9.94. The lowest BCUT2D eigenvalue weighted by Crippen LogP contribution is -2.42. The number of allylic oxidation sites excluding steroid dienone is 3. The average Bonchev–Trinajstić information content (AvgIpc) is 2.76. The first-order valence-electron chi connectivity index (χ1n) is 10.0. The van der Waals surface area contributed by atoms with Crippen molar-refractivity contribution in [3.63, 3.8) is 0 Å². The number of hydrogen-bond donors (Lipinski definition) is 1. The Kier molecular flexibility index (Phi) is 6.64. The number of rotatable bonds is 4. The monoisotopic (exact) mass is 403 g/mol. The Morgan fingerprint density at radius 2 is 2.21 bits per heavy atom. The molecule has 2 N–H and O–H groups in total. The normalized spacial score (nSPS) is 21.4. The van der Waals surface area contributed by atoms with Crippen LogP contribution in [0.2, 0.25) is 5.02 Å². The number of halogens is 2. The smallest absolute Gasteiger partial charge is 0.129 e. The molecule has 0 spiro atoms. The van der Waals surface area contributed by atoms with Crippen LogP contribution in [0.15, 0.2) is 36.1 Å². The second kappa shape index (κ2) is 8.81. The summed E-state index contributed by atoms with van der Waals surface area (Å²) in [6, 6.07) is 1.77. The van der Waals surface area contributed by atoms with Gasteiger partial charge in [-0.3, -0.25) is 4.90 Å². The lowest BCUT2D eigenvalue weighted by Gasteiger charge is -2.31. The molecule has 3 nitrogen and oxygen atoms in total. The third kappa shape index (κ3) is 4.51. The molecule has 0 aliphatic carbocycles. The number of likely N-dealkylation sites (tertiary alicyclic amines) is 1. The Morgan fingerprint density at radius 1 is 1.46 bits per heavy atom. The second-order valence-electron chi connectivity index (χ2n) is 8.15. The number of nitrogens with two attached hydrogens (primary N) is 1. The molecule has 5 heteroatoms. The zero-order chi connectivity index (χ0) is 20.4. The van der Waals surface area contributed by atoms with Crippen molar-refractivity contribution in [2.45, 2.75) is 52.7 Å². The van der Waals surface area contributed by atoms with Gasteiger partial charge in [0.05, 0.1) is 5.02 Å². The van der Waals surface area contributed by atoms with Crippen LogP contribution in [0.1, 0.15) is 50.3 Å². The van der Waals surface area contributed by atoms with Crippen molar-refractivity contribution < 1.29 is 4.39 Å². The molecule has 0 radical (unpaired) electrons. The molecule has 2 heterocycles. The molecular weight excluding hydrogens is 373 g/mol. The number of piperidine rings is 1. The van der Waals surface area contributed by atoms with Crippen molar-refractivity contribution in [2.75, 3.05) is 19.6 Å². The highest BCUT2D eigenvalue weighted by Crippen LogP contribution is 2.37. The molecule has 1 aromatic carbocycles. The summed E-state index contributed by atoms with van der Waals surface area (Å²) in [5, 5.41) is 0.529. The molecule has 2 aliphatic heterocycles. The van der Waals surface area contributed by atoms with Crippen LogP contribution >= 0.6 is 11.6 Å². The Bertz CT molecular complexity index is 828. The molecule has 2 aliphatic rings. The Hall–Kier alpha value is -1.62. The van der Waals surface area contributed by atoms with Gasteiger partial charge in [-0.05, 0) is 68.5 Å². The Balaban J connectivity index is 1.97. The van der Waals surface area contributed by atoms with Crippen molar-refractivity contribution in [1.82, 2.24) is 9.80 Å². The predicted molar refractivity (Wildman–Crippen MR) is 117 cm³/mol. The molecule has 1 unspecified atom stereocenters. The SMILES string of the molecule is C=C1C(C)=CN(C/C(C)=C\C)Cc2c1cc(F)c(CN1CCCC(N)C1)c2Cl. The van der Waals surface area contributed by atoms with Gasteiger partial charge in [-0.25, -0.2) is 4.39 Å². The van der Waals surface area contributed by atoms with E-state index in [1.54, 1.807) is 6.07 Å². The minimum absolute atomic E-state index is 0.155. The zero-order valence-corrected chi connectivity index (χ0v) is 17.9. The molecule has 152 valence electrons. The summed E-state index contributed by atoms with van der Waals surface area (Å²) in [7, 11) is 0. The van der Waals surface area contributed by atoms with Gasteiger partial charge < -0.3 is 10.6 Å². The highest BCUT2D eigenvalue weighted by molar-refractivity contribution is 6.32. The Morgan fingerprint density at radius 3 is 2.89 bits per heavy atom. The number of nitrogens with zero attached hydrogens (tertiary/aromatic N) is 2. The molecule has 3 rings (SSSR count). The zero-order valence-electron chi connectivity index (χ0n) is 17.2. The molecule has 1 fully saturated rings. The summed E-state index contributed by atoms with van der Waals surface area (Å²) in [5.74, 6) is -0.255. The van der Waals surface area contributed by atoms with Crippen molar-refractivity contribution in [3.8, 4) is 0 Å². The van der Waals surface area contributed by atoms with Crippen molar-refractivity contribution in [2.24, 2.45) is 5.73 Å². The maximum atomic E-state index is 15.1. The first-order chi connectivity index (χ1) is 13.3. The van der Waals surface area contributed by atoms with Crippen LogP contribution < -0.4 is 5.73 Å². The van der Waals surface area contributed by atoms with Gasteiger partial charge >= 0.3 is 0 Å². The quantitative estimate of drug-likeness (QED) is 0.710. The lowest BCUT2D eigenvalue weighted by molar-refractivity contribution is 0.199. The molecule has 1 aromatic rings. The minimum atomic E-state index is -0.255. The molecule has 0 saturated carbocycles. The summed E-state index contributed by atoms with van der Waals surface area (Å²) in [4.78, 5) is 4.44. The summed E-state index contributed by atoms with van der Waals surface area (Å²) >= 11 is 6.81. The first-order valence-corrected chi connectivity index (χ1v) is 10.4. The van der Waals surface area contributed by atoms with Crippen LogP contribution in [0.3, 0.4) is 0 Å². The van der Waals surface area contributed by atoms with E-state index in [0.717, 1.165) is 54.7 Å². The van der Waals surface area contributed by atoms with Gasteiger partial charge in [0, 0.05) is 44.0 Å². The first kappa shape index (κ1) is 21.1. The molecule has 28 heavy (non-hydrogen) atoms. The number of hydrogen-bond acceptors (Lipinski definition) is 3. The highest BCUT2D eigenvalue weighted by Gasteiger charge is 2.25. The van der Waals surface area contributed by atoms with E-state index in [0.29, 0.717) is 23.7 Å². The van der Waals surface area contributed by atoms with Gasteiger partial charge in [-0.1, -0.05) is 29.8 Å². The second-order valence-corrected chi connectivity index (χ2v) is 8.52. The predicted octanol–water partition coefficient (Wildman–Crippen LogP) is 5.10. The van der Waals surface area contributed by atoms with E-state index in [9.17, 15) is 0 Å². The van der Waals surface area contributed by atoms with Gasteiger partial charge in [0.25, 0.3) is 0 Å². The number of fused-ring (bicyclic) bond motifs is 1. The van der Waals surface area contributed by atoms with E-state index in [1.807, 2.05) is 13.8 Å². The van der Waals surface area contributed by atoms with E-state index in [1.165, 1.54) is 5.57 Å². The fourth-order valence-corrected chi connectivity index (χ4v) is 4.37. The molecule has 1 atom stereocenters. The van der Waals surface area contributed by atoms with Gasteiger partial charge in [0.1, 0.15) is 5.82 Å². The van der Waals surface area contributed by atoms with Crippen molar-refractivity contribution in [1.29, 1.82) is 0 Å². The molecular formula is C23H31ClFN3. The van der Waals surface area contributed by atoms with Crippen LogP contribution in [-0.2, 0) is 13.1 Å². The minimum Gasteiger partial charge on any atom is -0.369 e. The summed E-state index contributed by atoms with van der Waals surface area (Å²) < 4.78 is 15.1. The van der Waals surface area contributed by atoms with Gasteiger partial charge in [0.2, 0.25) is 0 Å². The molecule has 0 amide bonds. The van der Waals surface area contributed by atoms with E-state index in [2.05, 4.69) is 35.6 Å². The average molecular weight is 404 g/mol. The van der Waals surface area contributed by atoms with E-state index >= 15 is 4.39 Å². The van der Waals surface area contributed by atoms with Crippen LogP contribution in [0.5, 0.6) is 0 Å². The Labute approximate surface area is 173 Å². The molecule has 1 saturated heterocycles. The largest absolute Gasteiger partial charge is 0.369 e. The van der Waals surface area contributed by atoms with Crippen LogP contribution in [-0.4, -0.2) is 35.5 Å². The topological polar surface area (TPSA) is 32.5 Å². The third-order valence-electron chi connectivity index (χ3n) is 5.82. The molecule has 0 aromatic heterocycles. The van der Waals surface area contributed by atoms with E-state index < -0.39 is 0 Å². The van der Waals surface area contributed by atoms with E-state index in [4.69, 9.17) is 17.3 Å². The van der Waals surface area contributed by atoms with Crippen LogP contribution in [0.4, 0.5) is 4.39 Å². The standard InChI is InChI=1S/C23H31ClFN3/c1-5-15(2)10-28-11-16(3)17(4)19-9-22(25)21(23(24)20(19)13-28)14-27-8-6-7-18(26)12-27/h5,9,11,18H,4,6-8,10,12-14,26H2,1-3H3/b15-5-. The van der Waals surface area contributed by atoms with Crippen molar-refractivity contribution >= 4 is 17.2 Å². The molecule has 0 bridgehead atoms. The third-order valence-corrected chi connectivity index (χ3v) is 6.28.